The number of aliphatic carboxylic acids is 1. The topological polar surface area (TPSA) is 65.3 Å². The Bertz CT molecular complexity index is 954. The smallest absolute Gasteiger partial charge is 0.313 e. The van der Waals surface area contributed by atoms with Gasteiger partial charge in [0.25, 0.3) is 0 Å². The molecule has 1 fully saturated rings. The summed E-state index contributed by atoms with van der Waals surface area (Å²) < 4.78 is 0. The van der Waals surface area contributed by atoms with Gasteiger partial charge in [0.05, 0.1) is 11.4 Å². The minimum absolute atomic E-state index is 0.0194. The molecule has 0 bridgehead atoms. The van der Waals surface area contributed by atoms with Gasteiger partial charge >= 0.3 is 5.97 Å². The molecule has 0 atom stereocenters. The molecule has 7 heteroatoms. The SMILES string of the molecule is O=C(O)CSC1=NC(=Nc2ccc(Cl)cc2)C2(CCCCC2)N1Cc1ccccc1. The number of carbonyl (C=O) groups is 1. The number of halogens is 1. The van der Waals surface area contributed by atoms with Gasteiger partial charge in [-0.2, -0.15) is 0 Å². The maximum atomic E-state index is 11.3. The van der Waals surface area contributed by atoms with E-state index in [9.17, 15) is 9.90 Å². The van der Waals surface area contributed by atoms with Crippen molar-refractivity contribution >= 4 is 46.0 Å². The van der Waals surface area contributed by atoms with E-state index in [2.05, 4.69) is 17.0 Å². The third-order valence-corrected chi connectivity index (χ3v) is 6.83. The molecule has 1 spiro atoms. The minimum Gasteiger partial charge on any atom is -0.481 e. The molecule has 0 aromatic heterocycles. The Labute approximate surface area is 185 Å². The first-order valence-corrected chi connectivity index (χ1v) is 11.5. The molecule has 1 aliphatic carbocycles. The zero-order valence-electron chi connectivity index (χ0n) is 16.6. The van der Waals surface area contributed by atoms with Crippen LogP contribution in [0.3, 0.4) is 0 Å². The molecule has 2 aliphatic rings. The van der Waals surface area contributed by atoms with Crippen molar-refractivity contribution in [2.45, 2.75) is 44.2 Å². The Morgan fingerprint density at radius 1 is 1.10 bits per heavy atom. The summed E-state index contributed by atoms with van der Waals surface area (Å²) in [5, 5.41) is 10.7. The second-order valence-electron chi connectivity index (χ2n) is 7.65. The summed E-state index contributed by atoms with van der Waals surface area (Å²) in [6, 6.07) is 17.7. The van der Waals surface area contributed by atoms with Crippen molar-refractivity contribution in [3.63, 3.8) is 0 Å². The number of nitrogens with zero attached hydrogens (tertiary/aromatic N) is 3. The summed E-state index contributed by atoms with van der Waals surface area (Å²) in [5.41, 5.74) is 1.69. The molecule has 30 heavy (non-hydrogen) atoms. The minimum atomic E-state index is -0.844. The number of carboxylic acids is 1. The van der Waals surface area contributed by atoms with Gasteiger partial charge < -0.3 is 10.0 Å². The number of carboxylic acid groups (broad SMARTS) is 1. The molecule has 5 nitrogen and oxygen atoms in total. The summed E-state index contributed by atoms with van der Waals surface area (Å²) in [4.78, 5) is 23.4. The highest BCUT2D eigenvalue weighted by Crippen LogP contribution is 2.43. The third kappa shape index (κ3) is 4.55. The monoisotopic (exact) mass is 441 g/mol. The van der Waals surface area contributed by atoms with Crippen LogP contribution in [0.4, 0.5) is 5.69 Å². The second kappa shape index (κ2) is 9.23. The Morgan fingerprint density at radius 3 is 2.47 bits per heavy atom. The normalized spacial score (nSPS) is 19.3. The van der Waals surface area contributed by atoms with Crippen LogP contribution >= 0.6 is 23.4 Å². The third-order valence-electron chi connectivity index (χ3n) is 5.62. The second-order valence-corrected chi connectivity index (χ2v) is 9.03. The van der Waals surface area contributed by atoms with E-state index in [1.54, 1.807) is 0 Å². The van der Waals surface area contributed by atoms with Crippen molar-refractivity contribution < 1.29 is 9.90 Å². The fraction of sp³-hybridized carbons (Fsp3) is 0.348. The number of aliphatic imine (C=N–C) groups is 2. The lowest BCUT2D eigenvalue weighted by atomic mass is 9.79. The van der Waals surface area contributed by atoms with E-state index >= 15 is 0 Å². The molecule has 2 aromatic carbocycles. The van der Waals surface area contributed by atoms with Crippen molar-refractivity contribution in [1.82, 2.24) is 4.90 Å². The summed E-state index contributed by atoms with van der Waals surface area (Å²) in [6.07, 6.45) is 5.35. The number of hydrogen-bond acceptors (Lipinski definition) is 4. The number of benzene rings is 2. The van der Waals surface area contributed by atoms with Crippen LogP contribution < -0.4 is 0 Å². The maximum Gasteiger partial charge on any atom is 0.313 e. The van der Waals surface area contributed by atoms with Crippen LogP contribution in [-0.4, -0.2) is 38.3 Å². The fourth-order valence-corrected chi connectivity index (χ4v) is 5.10. The summed E-state index contributed by atoms with van der Waals surface area (Å²) >= 11 is 7.31. The van der Waals surface area contributed by atoms with E-state index in [1.807, 2.05) is 42.5 Å². The molecule has 1 saturated carbocycles. The largest absolute Gasteiger partial charge is 0.481 e. The Hall–Kier alpha value is -2.31. The molecule has 0 unspecified atom stereocenters. The molecule has 0 saturated heterocycles. The van der Waals surface area contributed by atoms with Crippen LogP contribution in [0.25, 0.3) is 0 Å². The number of thioether (sulfide) groups is 1. The first-order chi connectivity index (χ1) is 14.6. The van der Waals surface area contributed by atoms with Crippen molar-refractivity contribution in [3.05, 3.63) is 65.2 Å². The summed E-state index contributed by atoms with van der Waals surface area (Å²) in [7, 11) is 0. The highest BCUT2D eigenvalue weighted by molar-refractivity contribution is 8.14. The standard InChI is InChI=1S/C23H24ClN3O2S/c24-18-9-11-19(12-10-18)25-21-23(13-5-2-6-14-23)27(15-17-7-3-1-4-8-17)22(26-21)30-16-20(28)29/h1,3-4,7-12H,2,5-6,13-16H2,(H,28,29). The molecule has 1 heterocycles. The van der Waals surface area contributed by atoms with Gasteiger partial charge in [0.15, 0.2) is 11.0 Å². The average Bonchev–Trinajstić information content (AvgIpc) is 3.01. The zero-order valence-corrected chi connectivity index (χ0v) is 18.2. The van der Waals surface area contributed by atoms with E-state index in [1.165, 1.54) is 23.7 Å². The first kappa shape index (κ1) is 20.9. The summed E-state index contributed by atoms with van der Waals surface area (Å²) in [6.45, 7) is 0.686. The predicted molar refractivity (Wildman–Crippen MR) is 124 cm³/mol. The Morgan fingerprint density at radius 2 is 1.80 bits per heavy atom. The van der Waals surface area contributed by atoms with Crippen LogP contribution in [0.1, 0.15) is 37.7 Å². The van der Waals surface area contributed by atoms with Crippen LogP contribution in [0.2, 0.25) is 5.02 Å². The quantitative estimate of drug-likeness (QED) is 0.640. The lowest BCUT2D eigenvalue weighted by molar-refractivity contribution is -0.133. The van der Waals surface area contributed by atoms with Crippen LogP contribution in [0.5, 0.6) is 0 Å². The van der Waals surface area contributed by atoms with E-state index in [0.29, 0.717) is 11.6 Å². The van der Waals surface area contributed by atoms with E-state index in [4.69, 9.17) is 21.6 Å². The zero-order chi connectivity index (χ0) is 21.0. The lowest BCUT2D eigenvalue weighted by Crippen LogP contribution is -2.52. The highest BCUT2D eigenvalue weighted by Gasteiger charge is 2.49. The molecule has 2 aromatic rings. The van der Waals surface area contributed by atoms with Crippen LogP contribution in [0, 0.1) is 0 Å². The molecule has 156 valence electrons. The molecule has 4 rings (SSSR count). The van der Waals surface area contributed by atoms with Gasteiger partial charge in [0.2, 0.25) is 0 Å². The van der Waals surface area contributed by atoms with Gasteiger partial charge in [0, 0.05) is 11.6 Å². The predicted octanol–water partition coefficient (Wildman–Crippen LogP) is 5.76. The van der Waals surface area contributed by atoms with E-state index < -0.39 is 5.97 Å². The van der Waals surface area contributed by atoms with Crippen LogP contribution in [-0.2, 0) is 11.3 Å². The van der Waals surface area contributed by atoms with E-state index in [0.717, 1.165) is 42.4 Å². The van der Waals surface area contributed by atoms with Gasteiger partial charge in [0.1, 0.15) is 5.54 Å². The number of amidine groups is 2. The highest BCUT2D eigenvalue weighted by atomic mass is 35.5. The van der Waals surface area contributed by atoms with Gasteiger partial charge in [-0.1, -0.05) is 73.0 Å². The molecular weight excluding hydrogens is 418 g/mol. The molecule has 1 aliphatic heterocycles. The first-order valence-electron chi connectivity index (χ1n) is 10.2. The van der Waals surface area contributed by atoms with E-state index in [-0.39, 0.29) is 11.3 Å². The van der Waals surface area contributed by atoms with Crippen molar-refractivity contribution in [2.75, 3.05) is 5.75 Å². The van der Waals surface area contributed by atoms with Gasteiger partial charge in [-0.25, -0.2) is 9.98 Å². The van der Waals surface area contributed by atoms with Crippen LogP contribution in [0.15, 0.2) is 64.6 Å². The summed E-state index contributed by atoms with van der Waals surface area (Å²) in [5.74, 6) is -0.0782. The Kier molecular flexibility index (Phi) is 6.44. The molecule has 1 N–H and O–H groups in total. The maximum absolute atomic E-state index is 11.3. The molecule has 0 amide bonds. The van der Waals surface area contributed by atoms with Gasteiger partial charge in [-0.15, -0.1) is 0 Å². The Balaban J connectivity index is 1.75. The number of hydrogen-bond donors (Lipinski definition) is 1. The van der Waals surface area contributed by atoms with Gasteiger partial charge in [-0.05, 0) is 42.7 Å². The van der Waals surface area contributed by atoms with Crippen molar-refractivity contribution in [3.8, 4) is 0 Å². The number of rotatable bonds is 5. The van der Waals surface area contributed by atoms with Gasteiger partial charge in [-0.3, -0.25) is 4.79 Å². The van der Waals surface area contributed by atoms with Crippen molar-refractivity contribution in [1.29, 1.82) is 0 Å². The lowest BCUT2D eigenvalue weighted by Gasteiger charge is -2.42. The van der Waals surface area contributed by atoms with Crippen molar-refractivity contribution in [2.24, 2.45) is 9.98 Å². The fourth-order valence-electron chi connectivity index (χ4n) is 4.18. The average molecular weight is 442 g/mol. The molecule has 0 radical (unpaired) electrons. The molecular formula is C23H24ClN3O2S.